The van der Waals surface area contributed by atoms with Gasteiger partial charge in [0.05, 0.1) is 12.3 Å². The molecule has 0 spiro atoms. The highest BCUT2D eigenvalue weighted by molar-refractivity contribution is 7.13. The molecule has 0 atom stereocenters. The molecule has 176 valence electrons. The minimum absolute atomic E-state index is 0.0373. The number of ether oxygens (including phenoxy) is 1. The van der Waals surface area contributed by atoms with Gasteiger partial charge in [0.2, 0.25) is 0 Å². The number of aromatic nitrogens is 3. The van der Waals surface area contributed by atoms with Crippen molar-refractivity contribution < 1.29 is 19.0 Å². The van der Waals surface area contributed by atoms with Crippen LogP contribution in [0.4, 0.5) is 16.0 Å². The zero-order valence-corrected chi connectivity index (χ0v) is 19.9. The summed E-state index contributed by atoms with van der Waals surface area (Å²) < 4.78 is 21.4. The number of nitrogens with one attached hydrogen (secondary N) is 1. The van der Waals surface area contributed by atoms with Crippen LogP contribution in [-0.4, -0.2) is 32.4 Å². The van der Waals surface area contributed by atoms with E-state index in [2.05, 4.69) is 29.2 Å². The lowest BCUT2D eigenvalue weighted by Gasteiger charge is -2.11. The van der Waals surface area contributed by atoms with Crippen LogP contribution in [-0.2, 0) is 6.42 Å². The molecule has 1 aromatic carbocycles. The summed E-state index contributed by atoms with van der Waals surface area (Å²) in [6.45, 7) is 6.41. The maximum atomic E-state index is 14.3. The van der Waals surface area contributed by atoms with E-state index in [0.717, 1.165) is 16.1 Å². The number of hydrogen-bond donors (Lipinski definition) is 2. The van der Waals surface area contributed by atoms with Crippen molar-refractivity contribution in [2.24, 2.45) is 5.92 Å². The second-order valence-electron chi connectivity index (χ2n) is 8.14. The number of hydrogen-bond acceptors (Lipinski definition) is 6. The summed E-state index contributed by atoms with van der Waals surface area (Å²) in [6, 6.07) is 11.7. The SMILES string of the molecule is CCOc1cc(F)cc(-n2nc(Nc3ncc(-c4cccs4)cc3C(=O)O)cc2CC(C)C)c1. The number of anilines is 2. The van der Waals surface area contributed by atoms with Crippen LogP contribution in [0.2, 0.25) is 0 Å². The van der Waals surface area contributed by atoms with Gasteiger partial charge in [0, 0.05) is 40.5 Å². The van der Waals surface area contributed by atoms with Crippen LogP contribution in [0.25, 0.3) is 16.1 Å². The zero-order chi connectivity index (χ0) is 24.2. The van der Waals surface area contributed by atoms with E-state index in [1.165, 1.54) is 23.5 Å². The van der Waals surface area contributed by atoms with Gasteiger partial charge in [-0.15, -0.1) is 16.4 Å². The van der Waals surface area contributed by atoms with Gasteiger partial charge in [-0.2, -0.15) is 0 Å². The number of aromatic carboxylic acids is 1. The Balaban J connectivity index is 1.72. The quantitative estimate of drug-likeness (QED) is 0.298. The first kappa shape index (κ1) is 23.4. The maximum Gasteiger partial charge on any atom is 0.339 e. The van der Waals surface area contributed by atoms with Crippen molar-refractivity contribution in [3.8, 4) is 21.9 Å². The number of nitrogens with zero attached hydrogens (tertiary/aromatic N) is 3. The van der Waals surface area contributed by atoms with Crippen LogP contribution in [0.1, 0.15) is 36.8 Å². The highest BCUT2D eigenvalue weighted by Crippen LogP contribution is 2.29. The van der Waals surface area contributed by atoms with Crippen molar-refractivity contribution in [3.05, 3.63) is 71.1 Å². The molecule has 0 aliphatic rings. The zero-order valence-electron chi connectivity index (χ0n) is 19.1. The van der Waals surface area contributed by atoms with Gasteiger partial charge in [-0.3, -0.25) is 0 Å². The number of halogens is 1. The molecule has 0 aliphatic heterocycles. The molecule has 3 heterocycles. The predicted molar refractivity (Wildman–Crippen MR) is 131 cm³/mol. The lowest BCUT2D eigenvalue weighted by atomic mass is 10.1. The van der Waals surface area contributed by atoms with Crippen molar-refractivity contribution in [1.82, 2.24) is 14.8 Å². The maximum absolute atomic E-state index is 14.3. The molecular weight excluding hydrogens is 455 g/mol. The Morgan fingerprint density at radius 2 is 2.09 bits per heavy atom. The summed E-state index contributed by atoms with van der Waals surface area (Å²) >= 11 is 1.51. The molecule has 7 nitrogen and oxygen atoms in total. The number of carbonyl (C=O) groups is 1. The Hall–Kier alpha value is -3.72. The summed E-state index contributed by atoms with van der Waals surface area (Å²) in [5, 5.41) is 19.3. The Labute approximate surface area is 200 Å². The van der Waals surface area contributed by atoms with Crippen molar-refractivity contribution in [3.63, 3.8) is 0 Å². The average molecular weight is 481 g/mol. The first-order chi connectivity index (χ1) is 16.3. The molecule has 9 heteroatoms. The Kier molecular flexibility index (Phi) is 6.93. The number of pyridine rings is 1. The van der Waals surface area contributed by atoms with Crippen molar-refractivity contribution in [2.75, 3.05) is 11.9 Å². The third-order valence-corrected chi connectivity index (χ3v) is 5.90. The van der Waals surface area contributed by atoms with E-state index in [-0.39, 0.29) is 11.4 Å². The lowest BCUT2D eigenvalue weighted by Crippen LogP contribution is -2.07. The van der Waals surface area contributed by atoms with Crippen LogP contribution in [0, 0.1) is 11.7 Å². The minimum Gasteiger partial charge on any atom is -0.494 e. The molecule has 0 radical (unpaired) electrons. The molecule has 3 aromatic heterocycles. The highest BCUT2D eigenvalue weighted by atomic mass is 32.1. The molecule has 0 fully saturated rings. The van der Waals surface area contributed by atoms with Crippen molar-refractivity contribution in [1.29, 1.82) is 0 Å². The topological polar surface area (TPSA) is 89.3 Å². The fourth-order valence-electron chi connectivity index (χ4n) is 3.61. The molecule has 0 saturated carbocycles. The minimum atomic E-state index is -1.10. The van der Waals surface area contributed by atoms with Gasteiger partial charge in [-0.05, 0) is 42.8 Å². The molecule has 0 bridgehead atoms. The first-order valence-corrected chi connectivity index (χ1v) is 11.8. The second-order valence-corrected chi connectivity index (χ2v) is 9.08. The Bertz CT molecular complexity index is 1300. The smallest absolute Gasteiger partial charge is 0.339 e. The van der Waals surface area contributed by atoms with Gasteiger partial charge in [0.15, 0.2) is 5.82 Å². The molecule has 4 aromatic rings. The van der Waals surface area contributed by atoms with Gasteiger partial charge in [-0.1, -0.05) is 19.9 Å². The van der Waals surface area contributed by atoms with Gasteiger partial charge in [0.25, 0.3) is 0 Å². The van der Waals surface area contributed by atoms with Crippen LogP contribution >= 0.6 is 11.3 Å². The molecular formula is C25H25FN4O3S. The number of carboxylic acid groups (broad SMARTS) is 1. The van der Waals surface area contributed by atoms with Crippen LogP contribution in [0.15, 0.2) is 54.0 Å². The van der Waals surface area contributed by atoms with Crippen LogP contribution in [0.3, 0.4) is 0 Å². The first-order valence-electron chi connectivity index (χ1n) is 10.9. The van der Waals surface area contributed by atoms with E-state index < -0.39 is 11.8 Å². The number of rotatable bonds is 9. The van der Waals surface area contributed by atoms with Crippen molar-refractivity contribution >= 4 is 28.9 Å². The third kappa shape index (κ3) is 5.26. The molecule has 4 rings (SSSR count). The average Bonchev–Trinajstić information content (AvgIpc) is 3.44. The summed E-state index contributed by atoms with van der Waals surface area (Å²) in [5.41, 5.74) is 2.13. The lowest BCUT2D eigenvalue weighted by molar-refractivity contribution is 0.0697. The largest absolute Gasteiger partial charge is 0.494 e. The molecule has 2 N–H and O–H groups in total. The molecule has 0 unspecified atom stereocenters. The van der Waals surface area contributed by atoms with Crippen LogP contribution in [0.5, 0.6) is 5.75 Å². The molecule has 0 saturated heterocycles. The predicted octanol–water partition coefficient (Wildman–Crippen LogP) is 6.17. The van der Waals surface area contributed by atoms with Crippen LogP contribution < -0.4 is 10.1 Å². The monoisotopic (exact) mass is 480 g/mol. The van der Waals surface area contributed by atoms with Gasteiger partial charge in [-0.25, -0.2) is 18.9 Å². The van der Waals surface area contributed by atoms with E-state index in [1.807, 2.05) is 30.5 Å². The summed E-state index contributed by atoms with van der Waals surface area (Å²) in [7, 11) is 0. The molecule has 34 heavy (non-hydrogen) atoms. The fourth-order valence-corrected chi connectivity index (χ4v) is 4.32. The molecule has 0 aliphatic carbocycles. The normalized spacial score (nSPS) is 11.1. The summed E-state index contributed by atoms with van der Waals surface area (Å²) in [5.74, 6) is -0.195. The second kappa shape index (κ2) is 10.0. The summed E-state index contributed by atoms with van der Waals surface area (Å²) in [4.78, 5) is 17.2. The van der Waals surface area contributed by atoms with E-state index in [1.54, 1.807) is 23.0 Å². The Morgan fingerprint density at radius 3 is 2.76 bits per heavy atom. The third-order valence-electron chi connectivity index (χ3n) is 4.98. The van der Waals surface area contributed by atoms with Gasteiger partial charge >= 0.3 is 5.97 Å². The fraction of sp³-hybridized carbons (Fsp3) is 0.240. The summed E-state index contributed by atoms with van der Waals surface area (Å²) in [6.07, 6.45) is 2.32. The number of benzene rings is 1. The standard InChI is InChI=1S/C25H25FN4O3S/c1-4-33-20-11-17(26)10-19(12-20)30-18(8-15(2)3)13-23(29-30)28-24-21(25(31)32)9-16(14-27-24)22-6-5-7-34-22/h5-7,9-15H,4,8H2,1-3H3,(H,31,32)(H,27,28,29). The Morgan fingerprint density at radius 1 is 1.26 bits per heavy atom. The molecule has 0 amide bonds. The van der Waals surface area contributed by atoms with E-state index >= 15 is 0 Å². The number of thiophene rings is 1. The van der Waals surface area contributed by atoms with Gasteiger partial charge < -0.3 is 15.2 Å². The highest BCUT2D eigenvalue weighted by Gasteiger charge is 2.18. The van der Waals surface area contributed by atoms with E-state index in [0.29, 0.717) is 36.2 Å². The number of carboxylic acids is 1. The van der Waals surface area contributed by atoms with Crippen molar-refractivity contribution in [2.45, 2.75) is 27.2 Å². The van der Waals surface area contributed by atoms with Gasteiger partial charge in [0.1, 0.15) is 22.9 Å². The van der Waals surface area contributed by atoms with E-state index in [9.17, 15) is 14.3 Å². The van der Waals surface area contributed by atoms with E-state index in [4.69, 9.17) is 4.74 Å².